The summed E-state index contributed by atoms with van der Waals surface area (Å²) in [6.45, 7) is 4.11. The van der Waals surface area contributed by atoms with Gasteiger partial charge in [-0.25, -0.2) is 8.42 Å². The van der Waals surface area contributed by atoms with Gasteiger partial charge < -0.3 is 5.32 Å². The molecule has 2 atom stereocenters. The molecule has 20 heavy (non-hydrogen) atoms. The highest BCUT2D eigenvalue weighted by Crippen LogP contribution is 2.33. The normalized spacial score (nSPS) is 23.4. The Morgan fingerprint density at radius 3 is 2.75 bits per heavy atom. The standard InChI is InChI=1S/C13H22ClN3O2S/c1-9(2)17-13(11(14)7-16-17)12(15-3)6-10-4-5-20(18,19)8-10/h7,9-10,12,15H,4-6,8H2,1-3H3. The summed E-state index contributed by atoms with van der Waals surface area (Å²) < 4.78 is 25.1. The molecule has 1 aliphatic heterocycles. The molecule has 0 bridgehead atoms. The van der Waals surface area contributed by atoms with Gasteiger partial charge in [-0.05, 0) is 39.7 Å². The van der Waals surface area contributed by atoms with Crippen molar-refractivity contribution < 1.29 is 8.42 Å². The third-order valence-corrected chi connectivity index (χ3v) is 5.98. The van der Waals surface area contributed by atoms with E-state index < -0.39 is 9.84 Å². The number of rotatable bonds is 5. The van der Waals surface area contributed by atoms with Crippen molar-refractivity contribution in [1.29, 1.82) is 0 Å². The fourth-order valence-corrected chi connectivity index (χ4v) is 4.99. The maximum Gasteiger partial charge on any atom is 0.150 e. The highest BCUT2D eigenvalue weighted by atomic mass is 35.5. The van der Waals surface area contributed by atoms with Crippen molar-refractivity contribution >= 4 is 21.4 Å². The minimum absolute atomic E-state index is 0.0331. The van der Waals surface area contributed by atoms with Crippen LogP contribution in [0.1, 0.15) is 44.5 Å². The average molecular weight is 320 g/mol. The van der Waals surface area contributed by atoms with Gasteiger partial charge in [0.1, 0.15) is 0 Å². The molecule has 7 heteroatoms. The molecule has 1 saturated heterocycles. The van der Waals surface area contributed by atoms with Crippen molar-refractivity contribution in [3.8, 4) is 0 Å². The Balaban J connectivity index is 2.19. The Labute approximate surface area is 125 Å². The number of aromatic nitrogens is 2. The van der Waals surface area contributed by atoms with Crippen molar-refractivity contribution in [3.05, 3.63) is 16.9 Å². The Kier molecular flexibility index (Phi) is 4.76. The van der Waals surface area contributed by atoms with Crippen LogP contribution in [-0.4, -0.2) is 36.8 Å². The second-order valence-corrected chi connectivity index (χ2v) is 8.40. The molecule has 2 heterocycles. The molecule has 114 valence electrons. The molecule has 2 rings (SSSR count). The fraction of sp³-hybridized carbons (Fsp3) is 0.769. The quantitative estimate of drug-likeness (QED) is 0.903. The van der Waals surface area contributed by atoms with Gasteiger partial charge in [-0.3, -0.25) is 4.68 Å². The van der Waals surface area contributed by atoms with Gasteiger partial charge in [0.2, 0.25) is 0 Å². The number of sulfone groups is 1. The number of halogens is 1. The SMILES string of the molecule is CNC(CC1CCS(=O)(=O)C1)c1c(Cl)cnn1C(C)C. The lowest BCUT2D eigenvalue weighted by molar-refractivity contribution is 0.396. The van der Waals surface area contributed by atoms with Crippen LogP contribution < -0.4 is 5.32 Å². The molecule has 0 spiro atoms. The van der Waals surface area contributed by atoms with E-state index in [9.17, 15) is 8.42 Å². The number of hydrogen-bond donors (Lipinski definition) is 1. The summed E-state index contributed by atoms with van der Waals surface area (Å²) in [7, 11) is -0.961. The molecule has 1 aromatic heterocycles. The maximum absolute atomic E-state index is 11.6. The monoisotopic (exact) mass is 319 g/mol. The van der Waals surface area contributed by atoms with Gasteiger partial charge in [0.25, 0.3) is 0 Å². The molecule has 1 N–H and O–H groups in total. The average Bonchev–Trinajstić information content (AvgIpc) is 2.89. The van der Waals surface area contributed by atoms with Crippen LogP contribution in [0.15, 0.2) is 6.20 Å². The molecule has 2 unspecified atom stereocenters. The van der Waals surface area contributed by atoms with Crippen molar-refractivity contribution in [2.45, 2.75) is 38.8 Å². The Morgan fingerprint density at radius 1 is 1.55 bits per heavy atom. The molecule has 0 saturated carbocycles. The first kappa shape index (κ1) is 15.8. The number of hydrogen-bond acceptors (Lipinski definition) is 4. The van der Waals surface area contributed by atoms with Gasteiger partial charge >= 0.3 is 0 Å². The molecule has 5 nitrogen and oxygen atoms in total. The predicted molar refractivity (Wildman–Crippen MR) is 80.8 cm³/mol. The third-order valence-electron chi connectivity index (χ3n) is 3.85. The van der Waals surface area contributed by atoms with Gasteiger partial charge in [0.05, 0.1) is 34.5 Å². The summed E-state index contributed by atoms with van der Waals surface area (Å²) in [6, 6.07) is 0.256. The van der Waals surface area contributed by atoms with E-state index >= 15 is 0 Å². The summed E-state index contributed by atoms with van der Waals surface area (Å²) in [5.74, 6) is 0.799. The molecule has 1 fully saturated rings. The van der Waals surface area contributed by atoms with Crippen LogP contribution in [-0.2, 0) is 9.84 Å². The van der Waals surface area contributed by atoms with Gasteiger partial charge in [0, 0.05) is 6.04 Å². The van der Waals surface area contributed by atoms with E-state index in [4.69, 9.17) is 11.6 Å². The molecule has 0 aromatic carbocycles. The zero-order valence-corrected chi connectivity index (χ0v) is 13.7. The molecule has 0 radical (unpaired) electrons. The smallest absolute Gasteiger partial charge is 0.150 e. The second-order valence-electron chi connectivity index (χ2n) is 5.76. The van der Waals surface area contributed by atoms with Crippen molar-refractivity contribution in [2.24, 2.45) is 5.92 Å². The van der Waals surface area contributed by atoms with Gasteiger partial charge in [-0.2, -0.15) is 5.10 Å². The lowest BCUT2D eigenvalue weighted by Gasteiger charge is -2.22. The minimum atomic E-state index is -2.84. The molecular formula is C13H22ClN3O2S. The number of nitrogens with zero attached hydrogens (tertiary/aromatic N) is 2. The Hall–Kier alpha value is -0.590. The summed E-state index contributed by atoms with van der Waals surface area (Å²) in [6.07, 6.45) is 3.18. The van der Waals surface area contributed by atoms with Crippen molar-refractivity contribution in [3.63, 3.8) is 0 Å². The third kappa shape index (κ3) is 3.35. The number of nitrogens with one attached hydrogen (secondary N) is 1. The molecular weight excluding hydrogens is 298 g/mol. The Morgan fingerprint density at radius 2 is 2.25 bits per heavy atom. The zero-order chi connectivity index (χ0) is 14.9. The summed E-state index contributed by atoms with van der Waals surface area (Å²) >= 11 is 6.26. The predicted octanol–water partition coefficient (Wildman–Crippen LogP) is 2.20. The van der Waals surface area contributed by atoms with Crippen LogP contribution in [0.5, 0.6) is 0 Å². The van der Waals surface area contributed by atoms with Crippen LogP contribution in [0.4, 0.5) is 0 Å². The first-order chi connectivity index (χ1) is 9.34. The van der Waals surface area contributed by atoms with E-state index in [1.165, 1.54) is 0 Å². The van der Waals surface area contributed by atoms with Crippen LogP contribution in [0, 0.1) is 5.92 Å². The van der Waals surface area contributed by atoms with Crippen molar-refractivity contribution in [2.75, 3.05) is 18.6 Å². The van der Waals surface area contributed by atoms with Gasteiger partial charge in [0.15, 0.2) is 9.84 Å². The van der Waals surface area contributed by atoms with Crippen LogP contribution in [0.2, 0.25) is 5.02 Å². The van der Waals surface area contributed by atoms with Gasteiger partial charge in [-0.1, -0.05) is 11.6 Å². The summed E-state index contributed by atoms with van der Waals surface area (Å²) in [5, 5.41) is 8.21. The van der Waals surface area contributed by atoms with Crippen LogP contribution >= 0.6 is 11.6 Å². The first-order valence-corrected chi connectivity index (χ1v) is 9.14. The summed E-state index contributed by atoms with van der Waals surface area (Å²) in [5.41, 5.74) is 0.952. The highest BCUT2D eigenvalue weighted by Gasteiger charge is 2.31. The fourth-order valence-electron chi connectivity index (χ4n) is 2.85. The zero-order valence-electron chi connectivity index (χ0n) is 12.1. The minimum Gasteiger partial charge on any atom is -0.312 e. The van der Waals surface area contributed by atoms with Crippen molar-refractivity contribution in [1.82, 2.24) is 15.1 Å². The van der Waals surface area contributed by atoms with Crippen LogP contribution in [0.25, 0.3) is 0 Å². The van der Waals surface area contributed by atoms with E-state index in [0.29, 0.717) is 16.5 Å². The van der Waals surface area contributed by atoms with Gasteiger partial charge in [-0.15, -0.1) is 0 Å². The Bertz CT molecular complexity index is 568. The van der Waals surface area contributed by atoms with E-state index in [2.05, 4.69) is 24.3 Å². The lowest BCUT2D eigenvalue weighted by Crippen LogP contribution is -2.24. The van der Waals surface area contributed by atoms with E-state index in [1.807, 2.05) is 11.7 Å². The van der Waals surface area contributed by atoms with E-state index in [1.54, 1.807) is 6.20 Å². The van der Waals surface area contributed by atoms with Crippen LogP contribution in [0.3, 0.4) is 0 Å². The maximum atomic E-state index is 11.6. The summed E-state index contributed by atoms with van der Waals surface area (Å²) in [4.78, 5) is 0. The first-order valence-electron chi connectivity index (χ1n) is 6.94. The van der Waals surface area contributed by atoms with E-state index in [0.717, 1.165) is 18.5 Å². The lowest BCUT2D eigenvalue weighted by atomic mass is 9.97. The molecule has 1 aromatic rings. The second kappa shape index (κ2) is 6.03. The molecule has 1 aliphatic rings. The van der Waals surface area contributed by atoms with E-state index in [-0.39, 0.29) is 18.0 Å². The highest BCUT2D eigenvalue weighted by molar-refractivity contribution is 7.91. The topological polar surface area (TPSA) is 64.0 Å². The molecule has 0 aliphatic carbocycles. The largest absolute Gasteiger partial charge is 0.312 e. The molecule has 0 amide bonds.